The maximum Gasteiger partial charge on any atom is 0.123 e. The predicted octanol–water partition coefficient (Wildman–Crippen LogP) is 3.58. The van der Waals surface area contributed by atoms with E-state index in [1.165, 1.54) is 17.7 Å². The van der Waals surface area contributed by atoms with Crippen LogP contribution < -0.4 is 0 Å². The molecule has 0 bridgehead atoms. The second-order valence-corrected chi connectivity index (χ2v) is 6.19. The van der Waals surface area contributed by atoms with Crippen LogP contribution in [0.2, 0.25) is 0 Å². The van der Waals surface area contributed by atoms with Gasteiger partial charge in [0.2, 0.25) is 0 Å². The van der Waals surface area contributed by atoms with Crippen molar-refractivity contribution < 1.29 is 9.50 Å². The van der Waals surface area contributed by atoms with Gasteiger partial charge in [0, 0.05) is 11.9 Å². The van der Waals surface area contributed by atoms with Crippen LogP contribution in [0.25, 0.3) is 16.7 Å². The third-order valence-corrected chi connectivity index (χ3v) is 4.74. The lowest BCUT2D eigenvalue weighted by Gasteiger charge is -2.24. The minimum atomic E-state index is -0.247. The second-order valence-electron chi connectivity index (χ2n) is 6.19. The zero-order chi connectivity index (χ0) is 15.8. The Morgan fingerprint density at radius 3 is 2.57 bits per heavy atom. The smallest absolute Gasteiger partial charge is 0.123 e. The number of nitrogens with zero attached hydrogens (tertiary/aromatic N) is 3. The monoisotopic (exact) mass is 311 g/mol. The van der Waals surface area contributed by atoms with Crippen LogP contribution in [0.5, 0.6) is 0 Å². The topological polar surface area (TPSA) is 50.9 Å². The summed E-state index contributed by atoms with van der Waals surface area (Å²) in [4.78, 5) is 8.61. The number of aliphatic hydroxyl groups excluding tert-OH is 1. The zero-order valence-electron chi connectivity index (χ0n) is 12.7. The van der Waals surface area contributed by atoms with Crippen LogP contribution in [0.4, 0.5) is 4.39 Å². The summed E-state index contributed by atoms with van der Waals surface area (Å²) in [5.41, 5.74) is 3.97. The molecule has 5 heteroatoms. The number of rotatable bonds is 2. The van der Waals surface area contributed by atoms with Crippen molar-refractivity contribution in [2.45, 2.75) is 37.7 Å². The Kier molecular flexibility index (Phi) is 3.58. The summed E-state index contributed by atoms with van der Waals surface area (Å²) < 4.78 is 15.2. The summed E-state index contributed by atoms with van der Waals surface area (Å²) in [7, 11) is 0. The summed E-state index contributed by atoms with van der Waals surface area (Å²) in [6, 6.07) is 6.44. The van der Waals surface area contributed by atoms with Crippen molar-refractivity contribution in [1.29, 1.82) is 0 Å². The van der Waals surface area contributed by atoms with E-state index in [1.54, 1.807) is 24.7 Å². The van der Waals surface area contributed by atoms with E-state index in [0.29, 0.717) is 5.92 Å². The van der Waals surface area contributed by atoms with E-state index in [1.807, 2.05) is 4.57 Å². The lowest BCUT2D eigenvalue weighted by atomic mass is 9.83. The molecule has 23 heavy (non-hydrogen) atoms. The maximum absolute atomic E-state index is 13.2. The van der Waals surface area contributed by atoms with Crippen molar-refractivity contribution in [3.63, 3.8) is 0 Å². The van der Waals surface area contributed by atoms with Crippen LogP contribution in [0.1, 0.15) is 37.2 Å². The molecule has 0 aliphatic heterocycles. The quantitative estimate of drug-likeness (QED) is 0.787. The number of aromatic nitrogens is 3. The Morgan fingerprint density at radius 2 is 1.83 bits per heavy atom. The molecule has 1 N–H and O–H groups in total. The van der Waals surface area contributed by atoms with Crippen LogP contribution in [0, 0.1) is 5.82 Å². The van der Waals surface area contributed by atoms with Gasteiger partial charge in [-0.3, -0.25) is 0 Å². The number of aliphatic hydroxyl groups is 1. The molecule has 1 saturated carbocycles. The van der Waals surface area contributed by atoms with Gasteiger partial charge in [0.25, 0.3) is 0 Å². The van der Waals surface area contributed by atoms with E-state index in [0.717, 1.165) is 42.4 Å². The van der Waals surface area contributed by atoms with Gasteiger partial charge in [-0.1, -0.05) is 0 Å². The molecule has 1 aliphatic rings. The molecule has 0 radical (unpaired) electrons. The number of halogens is 1. The van der Waals surface area contributed by atoms with Crippen molar-refractivity contribution in [2.75, 3.05) is 0 Å². The highest BCUT2D eigenvalue weighted by atomic mass is 19.1. The Labute approximate surface area is 133 Å². The number of hydrogen-bond donors (Lipinski definition) is 1. The van der Waals surface area contributed by atoms with Crippen molar-refractivity contribution in [3.8, 4) is 5.69 Å². The highest BCUT2D eigenvalue weighted by molar-refractivity contribution is 5.81. The molecule has 1 aromatic carbocycles. The molecule has 3 aromatic rings. The molecule has 2 heterocycles. The fraction of sp³-hybridized carbons (Fsp3) is 0.333. The standard InChI is InChI=1S/C18H18FN3O/c19-13-3-5-14(6-4-13)22-10-16(12-1-7-15(23)8-2-12)18-17(22)9-20-11-21-18/h3-6,9-12,15,23H,1-2,7-8H2/t12-,15+. The van der Waals surface area contributed by atoms with Crippen LogP contribution in [0.15, 0.2) is 43.0 Å². The molecule has 1 aliphatic carbocycles. The first-order valence-electron chi connectivity index (χ1n) is 7.97. The van der Waals surface area contributed by atoms with Crippen molar-refractivity contribution in [1.82, 2.24) is 14.5 Å². The molecule has 0 unspecified atom stereocenters. The van der Waals surface area contributed by atoms with Crippen molar-refractivity contribution in [3.05, 3.63) is 54.4 Å². The molecular formula is C18H18FN3O. The summed E-state index contributed by atoms with van der Waals surface area (Å²) >= 11 is 0. The summed E-state index contributed by atoms with van der Waals surface area (Å²) in [6.07, 6.45) is 8.88. The van der Waals surface area contributed by atoms with Crippen molar-refractivity contribution in [2.24, 2.45) is 0 Å². The van der Waals surface area contributed by atoms with Crippen LogP contribution in [-0.2, 0) is 0 Å². The molecule has 1 fully saturated rings. The van der Waals surface area contributed by atoms with Gasteiger partial charge < -0.3 is 9.67 Å². The molecule has 0 saturated heterocycles. The number of hydrogen-bond acceptors (Lipinski definition) is 3. The fourth-order valence-corrected chi connectivity index (χ4v) is 3.49. The van der Waals surface area contributed by atoms with Gasteiger partial charge in [0.15, 0.2) is 0 Å². The van der Waals surface area contributed by atoms with Gasteiger partial charge in [-0.25, -0.2) is 14.4 Å². The van der Waals surface area contributed by atoms with Gasteiger partial charge >= 0.3 is 0 Å². The fourth-order valence-electron chi connectivity index (χ4n) is 3.49. The molecule has 0 spiro atoms. The SMILES string of the molecule is O[C@H]1CC[C@@H](c2cn(-c3ccc(F)cc3)c3cncnc32)CC1. The first-order chi connectivity index (χ1) is 11.2. The van der Waals surface area contributed by atoms with E-state index in [9.17, 15) is 9.50 Å². The van der Waals surface area contributed by atoms with Gasteiger partial charge in [0.05, 0.1) is 23.3 Å². The molecular weight excluding hydrogens is 293 g/mol. The Balaban J connectivity index is 1.81. The highest BCUT2D eigenvalue weighted by Crippen LogP contribution is 2.37. The minimum absolute atomic E-state index is 0.175. The molecule has 118 valence electrons. The van der Waals surface area contributed by atoms with E-state index in [-0.39, 0.29) is 11.9 Å². The molecule has 0 atom stereocenters. The van der Waals surface area contributed by atoms with Gasteiger partial charge in [-0.15, -0.1) is 0 Å². The largest absolute Gasteiger partial charge is 0.393 e. The van der Waals surface area contributed by atoms with Crippen LogP contribution in [-0.4, -0.2) is 25.7 Å². The van der Waals surface area contributed by atoms with E-state index in [4.69, 9.17) is 0 Å². The van der Waals surface area contributed by atoms with Gasteiger partial charge in [-0.05, 0) is 61.4 Å². The van der Waals surface area contributed by atoms with E-state index in [2.05, 4.69) is 16.2 Å². The average molecular weight is 311 g/mol. The van der Waals surface area contributed by atoms with Gasteiger partial charge in [-0.2, -0.15) is 0 Å². The molecule has 4 rings (SSSR count). The number of benzene rings is 1. The Hall–Kier alpha value is -2.27. The Morgan fingerprint density at radius 1 is 1.09 bits per heavy atom. The minimum Gasteiger partial charge on any atom is -0.393 e. The normalized spacial score (nSPS) is 21.7. The lowest BCUT2D eigenvalue weighted by Crippen LogP contribution is -2.16. The predicted molar refractivity (Wildman–Crippen MR) is 86.0 cm³/mol. The average Bonchev–Trinajstić information content (AvgIpc) is 2.96. The second kappa shape index (κ2) is 5.74. The van der Waals surface area contributed by atoms with Crippen LogP contribution >= 0.6 is 0 Å². The van der Waals surface area contributed by atoms with E-state index >= 15 is 0 Å². The first-order valence-corrected chi connectivity index (χ1v) is 7.97. The zero-order valence-corrected chi connectivity index (χ0v) is 12.7. The van der Waals surface area contributed by atoms with Crippen molar-refractivity contribution >= 4 is 11.0 Å². The van der Waals surface area contributed by atoms with Crippen LogP contribution in [0.3, 0.4) is 0 Å². The maximum atomic E-state index is 13.2. The summed E-state index contributed by atoms with van der Waals surface area (Å²) in [6.45, 7) is 0. The van der Waals surface area contributed by atoms with E-state index < -0.39 is 0 Å². The summed E-state index contributed by atoms with van der Waals surface area (Å²) in [5.74, 6) is 0.153. The molecule has 4 nitrogen and oxygen atoms in total. The summed E-state index contributed by atoms with van der Waals surface area (Å²) in [5, 5.41) is 9.73. The Bertz CT molecular complexity index is 820. The third kappa shape index (κ3) is 2.61. The number of fused-ring (bicyclic) bond motifs is 1. The van der Waals surface area contributed by atoms with Gasteiger partial charge in [0.1, 0.15) is 12.1 Å². The molecule has 0 amide bonds. The highest BCUT2D eigenvalue weighted by Gasteiger charge is 2.24. The first kappa shape index (κ1) is 14.3. The molecule has 2 aromatic heterocycles. The third-order valence-electron chi connectivity index (χ3n) is 4.74. The lowest BCUT2D eigenvalue weighted by molar-refractivity contribution is 0.122.